The highest BCUT2D eigenvalue weighted by molar-refractivity contribution is 6.28. The zero-order chi connectivity index (χ0) is 14.8. The summed E-state index contributed by atoms with van der Waals surface area (Å²) in [5.74, 6) is 0.632. The molecule has 0 amide bonds. The van der Waals surface area contributed by atoms with Crippen LogP contribution in [-0.2, 0) is 0 Å². The first-order valence-corrected chi connectivity index (χ1v) is 7.47. The molecule has 1 aromatic rings. The minimum absolute atomic E-state index is 0.0987. The summed E-state index contributed by atoms with van der Waals surface area (Å²) >= 11 is 5.87. The predicted octanol–water partition coefficient (Wildman–Crippen LogP) is 3.52. The molecular weight excluding hydrogens is 278 g/mol. The quantitative estimate of drug-likeness (QED) is 0.851. The largest absolute Gasteiger partial charge is 0.464 e. The topological polar surface area (TPSA) is 57.1 Å². The van der Waals surface area contributed by atoms with E-state index in [9.17, 15) is 0 Å². The van der Waals surface area contributed by atoms with Crippen molar-refractivity contribution in [2.45, 2.75) is 53.1 Å². The summed E-state index contributed by atoms with van der Waals surface area (Å²) in [7, 11) is 0. The summed E-state index contributed by atoms with van der Waals surface area (Å²) in [5, 5.41) is 0.0987. The first-order valence-electron chi connectivity index (χ1n) is 7.09. The number of nitrogens with zero attached hydrogens (tertiary/aromatic N) is 3. The maximum Gasteiger partial charge on any atom is 0.324 e. The molecule has 0 bridgehead atoms. The third kappa shape index (κ3) is 4.20. The molecule has 0 radical (unpaired) electrons. The van der Waals surface area contributed by atoms with Crippen LogP contribution in [0.3, 0.4) is 0 Å². The number of hydrogen-bond donors (Lipinski definition) is 0. The molecule has 1 saturated carbocycles. The van der Waals surface area contributed by atoms with Gasteiger partial charge in [0, 0.05) is 0 Å². The van der Waals surface area contributed by atoms with Gasteiger partial charge in [0.1, 0.15) is 6.10 Å². The Bertz CT molecular complexity index is 468. The average molecular weight is 300 g/mol. The molecule has 112 valence electrons. The van der Waals surface area contributed by atoms with E-state index in [1.54, 1.807) is 0 Å². The van der Waals surface area contributed by atoms with Crippen molar-refractivity contribution in [3.63, 3.8) is 0 Å². The van der Waals surface area contributed by atoms with Crippen LogP contribution in [0.25, 0.3) is 0 Å². The second-order valence-corrected chi connectivity index (χ2v) is 6.59. The molecule has 2 unspecified atom stereocenters. The van der Waals surface area contributed by atoms with E-state index in [1.165, 1.54) is 6.42 Å². The highest BCUT2D eigenvalue weighted by Gasteiger charge is 2.33. The van der Waals surface area contributed by atoms with Gasteiger partial charge >= 0.3 is 12.0 Å². The van der Waals surface area contributed by atoms with Crippen LogP contribution in [0.4, 0.5) is 0 Å². The Morgan fingerprint density at radius 3 is 2.55 bits per heavy atom. The monoisotopic (exact) mass is 299 g/mol. The summed E-state index contributed by atoms with van der Waals surface area (Å²) < 4.78 is 11.2. The van der Waals surface area contributed by atoms with Gasteiger partial charge < -0.3 is 9.47 Å². The van der Waals surface area contributed by atoms with Crippen LogP contribution >= 0.6 is 11.6 Å². The van der Waals surface area contributed by atoms with E-state index < -0.39 is 0 Å². The lowest BCUT2D eigenvalue weighted by molar-refractivity contribution is 0.0492. The Morgan fingerprint density at radius 2 is 1.90 bits per heavy atom. The fraction of sp³-hybridized carbons (Fsp3) is 0.786. The molecule has 1 aromatic heterocycles. The number of hydrogen-bond acceptors (Lipinski definition) is 5. The smallest absolute Gasteiger partial charge is 0.324 e. The molecule has 2 atom stereocenters. The summed E-state index contributed by atoms with van der Waals surface area (Å²) in [5.41, 5.74) is 0.280. The van der Waals surface area contributed by atoms with Gasteiger partial charge in [0.2, 0.25) is 5.28 Å². The molecule has 0 spiro atoms. The van der Waals surface area contributed by atoms with Crippen LogP contribution in [0.2, 0.25) is 5.28 Å². The standard InChI is InChI=1S/C14H22ClN3O2/c1-5-19-12-16-11(15)17-13(18-12)20-10-6-9(2)7-14(3,4)8-10/h9-10H,5-8H2,1-4H3. The fourth-order valence-electron chi connectivity index (χ4n) is 3.06. The van der Waals surface area contributed by atoms with Crippen molar-refractivity contribution >= 4 is 11.6 Å². The molecule has 1 aliphatic rings. The molecule has 6 heteroatoms. The number of ether oxygens (including phenoxy) is 2. The van der Waals surface area contributed by atoms with E-state index in [2.05, 4.69) is 35.7 Å². The fourth-order valence-corrected chi connectivity index (χ4v) is 3.20. The lowest BCUT2D eigenvalue weighted by Gasteiger charge is -2.38. The molecule has 0 saturated heterocycles. The predicted molar refractivity (Wildman–Crippen MR) is 77.2 cm³/mol. The van der Waals surface area contributed by atoms with Gasteiger partial charge in [-0.1, -0.05) is 20.8 Å². The van der Waals surface area contributed by atoms with Crippen molar-refractivity contribution in [2.75, 3.05) is 6.61 Å². The summed E-state index contributed by atoms with van der Waals surface area (Å²) in [6.45, 7) is 9.14. The zero-order valence-corrected chi connectivity index (χ0v) is 13.3. The van der Waals surface area contributed by atoms with Crippen molar-refractivity contribution in [1.82, 2.24) is 15.0 Å². The first-order chi connectivity index (χ1) is 9.38. The van der Waals surface area contributed by atoms with Crippen LogP contribution in [0.5, 0.6) is 12.0 Å². The Balaban J connectivity index is 2.09. The van der Waals surface area contributed by atoms with Gasteiger partial charge in [0.05, 0.1) is 6.61 Å². The Hall–Kier alpha value is -1.10. The van der Waals surface area contributed by atoms with E-state index >= 15 is 0 Å². The summed E-state index contributed by atoms with van der Waals surface area (Å²) in [4.78, 5) is 12.1. The average Bonchev–Trinajstić information content (AvgIpc) is 2.24. The minimum Gasteiger partial charge on any atom is -0.464 e. The van der Waals surface area contributed by atoms with Gasteiger partial charge in [-0.25, -0.2) is 0 Å². The van der Waals surface area contributed by atoms with Crippen LogP contribution < -0.4 is 9.47 Å². The molecule has 5 nitrogen and oxygen atoms in total. The zero-order valence-electron chi connectivity index (χ0n) is 12.5. The van der Waals surface area contributed by atoms with Crippen LogP contribution in [0, 0.1) is 11.3 Å². The first kappa shape index (κ1) is 15.3. The van der Waals surface area contributed by atoms with E-state index in [1.807, 2.05) is 6.92 Å². The van der Waals surface area contributed by atoms with E-state index in [4.69, 9.17) is 21.1 Å². The molecule has 1 fully saturated rings. The van der Waals surface area contributed by atoms with E-state index in [0.29, 0.717) is 12.5 Å². The molecule has 0 aliphatic heterocycles. The second-order valence-electron chi connectivity index (χ2n) is 6.26. The molecule has 2 rings (SSSR count). The Kier molecular flexibility index (Phi) is 4.68. The number of rotatable bonds is 4. The van der Waals surface area contributed by atoms with Gasteiger partial charge in [-0.15, -0.1) is 4.98 Å². The van der Waals surface area contributed by atoms with Crippen molar-refractivity contribution in [2.24, 2.45) is 11.3 Å². The van der Waals surface area contributed by atoms with Gasteiger partial charge in [-0.05, 0) is 49.1 Å². The van der Waals surface area contributed by atoms with Crippen molar-refractivity contribution in [1.29, 1.82) is 0 Å². The lowest BCUT2D eigenvalue weighted by Crippen LogP contribution is -2.34. The van der Waals surface area contributed by atoms with E-state index in [-0.39, 0.29) is 28.8 Å². The Labute approximate surface area is 125 Å². The molecule has 0 aromatic carbocycles. The maximum absolute atomic E-state index is 5.90. The second kappa shape index (κ2) is 6.12. The summed E-state index contributed by atoms with van der Waals surface area (Å²) in [6.07, 6.45) is 3.33. The molecular formula is C14H22ClN3O2. The highest BCUT2D eigenvalue weighted by atomic mass is 35.5. The number of aromatic nitrogens is 3. The SMILES string of the molecule is CCOc1nc(Cl)nc(OC2CC(C)CC(C)(C)C2)n1. The lowest BCUT2D eigenvalue weighted by atomic mass is 9.71. The van der Waals surface area contributed by atoms with Crippen LogP contribution in [-0.4, -0.2) is 27.7 Å². The maximum atomic E-state index is 5.90. The highest BCUT2D eigenvalue weighted by Crippen LogP contribution is 2.39. The number of halogens is 1. The van der Waals surface area contributed by atoms with Crippen molar-refractivity contribution in [3.05, 3.63) is 5.28 Å². The van der Waals surface area contributed by atoms with Gasteiger partial charge in [0.15, 0.2) is 0 Å². The minimum atomic E-state index is 0.0987. The molecule has 1 aliphatic carbocycles. The van der Waals surface area contributed by atoms with E-state index in [0.717, 1.165) is 12.8 Å². The van der Waals surface area contributed by atoms with Crippen LogP contribution in [0.1, 0.15) is 47.0 Å². The normalized spacial score (nSPS) is 25.2. The summed E-state index contributed by atoms with van der Waals surface area (Å²) in [6, 6.07) is 0.467. The van der Waals surface area contributed by atoms with Crippen molar-refractivity contribution in [3.8, 4) is 12.0 Å². The van der Waals surface area contributed by atoms with Gasteiger partial charge in [0.25, 0.3) is 0 Å². The van der Waals surface area contributed by atoms with Gasteiger partial charge in [-0.2, -0.15) is 9.97 Å². The Morgan fingerprint density at radius 1 is 1.20 bits per heavy atom. The third-order valence-corrected chi connectivity index (χ3v) is 3.63. The molecule has 1 heterocycles. The van der Waals surface area contributed by atoms with Crippen molar-refractivity contribution < 1.29 is 9.47 Å². The van der Waals surface area contributed by atoms with Gasteiger partial charge in [-0.3, -0.25) is 0 Å². The molecule has 0 N–H and O–H groups in total. The molecule has 20 heavy (non-hydrogen) atoms. The third-order valence-electron chi connectivity index (χ3n) is 3.46. The van der Waals surface area contributed by atoms with Crippen LogP contribution in [0.15, 0.2) is 0 Å².